The maximum atomic E-state index is 12.7. The van der Waals surface area contributed by atoms with Crippen molar-refractivity contribution >= 4 is 23.5 Å². The summed E-state index contributed by atoms with van der Waals surface area (Å²) >= 11 is 1.37. The van der Waals surface area contributed by atoms with Gasteiger partial charge in [0.1, 0.15) is 16.9 Å². The van der Waals surface area contributed by atoms with E-state index >= 15 is 0 Å². The third kappa shape index (κ3) is 4.23. The van der Waals surface area contributed by atoms with Crippen molar-refractivity contribution in [1.29, 1.82) is 5.26 Å². The molecule has 5 nitrogen and oxygen atoms in total. The normalized spacial score (nSPS) is 14.2. The Bertz CT molecular complexity index is 859. The molecule has 0 radical (unpaired) electrons. The number of anilines is 1. The topological polar surface area (TPSA) is 78.7 Å². The molecule has 0 aliphatic heterocycles. The zero-order chi connectivity index (χ0) is 18.5. The fourth-order valence-electron chi connectivity index (χ4n) is 3.06. The molecule has 0 fully saturated rings. The summed E-state index contributed by atoms with van der Waals surface area (Å²) in [7, 11) is 0. The minimum atomic E-state index is -0.321. The van der Waals surface area contributed by atoms with Crippen molar-refractivity contribution in [1.82, 2.24) is 9.97 Å². The summed E-state index contributed by atoms with van der Waals surface area (Å²) in [4.78, 5) is 21.7. The largest absolute Gasteiger partial charge is 0.310 e. The van der Waals surface area contributed by atoms with Gasteiger partial charge < -0.3 is 5.32 Å². The van der Waals surface area contributed by atoms with E-state index < -0.39 is 0 Å². The second kappa shape index (κ2) is 8.33. The number of nitrogens with zero attached hydrogens (tertiary/aromatic N) is 3. The summed E-state index contributed by atoms with van der Waals surface area (Å²) in [5.41, 5.74) is 3.68. The SMILES string of the molecule is CCC(Sc1nc2c(cc1C#N)CCCC2)C(=O)Nc1cccc(C)n1. The molecule has 0 bridgehead atoms. The van der Waals surface area contributed by atoms with Crippen LogP contribution in [0.2, 0.25) is 0 Å². The zero-order valence-corrected chi connectivity index (χ0v) is 15.9. The molecule has 1 N–H and O–H groups in total. The Labute approximate surface area is 158 Å². The van der Waals surface area contributed by atoms with Crippen LogP contribution in [0.4, 0.5) is 5.82 Å². The lowest BCUT2D eigenvalue weighted by atomic mass is 9.95. The Kier molecular flexibility index (Phi) is 5.89. The Hall–Kier alpha value is -2.39. The number of pyridine rings is 2. The highest BCUT2D eigenvalue weighted by Crippen LogP contribution is 2.31. The first kappa shape index (κ1) is 18.4. The average molecular weight is 366 g/mol. The molecule has 1 atom stereocenters. The summed E-state index contributed by atoms with van der Waals surface area (Å²) in [5.74, 6) is 0.437. The summed E-state index contributed by atoms with van der Waals surface area (Å²) in [6.45, 7) is 3.85. The van der Waals surface area contributed by atoms with Gasteiger partial charge in [0.2, 0.25) is 5.91 Å². The molecule has 1 aliphatic carbocycles. The van der Waals surface area contributed by atoms with Crippen molar-refractivity contribution in [3.05, 3.63) is 46.8 Å². The van der Waals surface area contributed by atoms with Crippen LogP contribution in [0.5, 0.6) is 0 Å². The van der Waals surface area contributed by atoms with Crippen molar-refractivity contribution in [3.63, 3.8) is 0 Å². The third-order valence-corrected chi connectivity index (χ3v) is 5.81. The van der Waals surface area contributed by atoms with Crippen LogP contribution < -0.4 is 5.32 Å². The summed E-state index contributed by atoms with van der Waals surface area (Å²) in [6.07, 6.45) is 4.86. The van der Waals surface area contributed by atoms with E-state index in [1.165, 1.54) is 17.3 Å². The molecule has 26 heavy (non-hydrogen) atoms. The van der Waals surface area contributed by atoms with Crippen LogP contribution in [0.15, 0.2) is 29.3 Å². The van der Waals surface area contributed by atoms with Gasteiger partial charge >= 0.3 is 0 Å². The van der Waals surface area contributed by atoms with E-state index in [2.05, 4.69) is 16.4 Å². The standard InChI is InChI=1S/C20H22N4OS/c1-3-17(19(25)24-18-10-6-7-13(2)22-18)26-20-15(12-21)11-14-8-4-5-9-16(14)23-20/h6-7,10-11,17H,3-5,8-9H2,1-2H3,(H,22,24,25). The minimum Gasteiger partial charge on any atom is -0.310 e. The molecule has 134 valence electrons. The summed E-state index contributed by atoms with van der Waals surface area (Å²) in [6, 6.07) is 9.73. The Morgan fingerprint density at radius 1 is 1.35 bits per heavy atom. The van der Waals surface area contributed by atoms with Crippen molar-refractivity contribution in [2.24, 2.45) is 0 Å². The van der Waals surface area contributed by atoms with Gasteiger partial charge in [0, 0.05) is 11.4 Å². The fourth-order valence-corrected chi connectivity index (χ4v) is 4.06. The van der Waals surface area contributed by atoms with E-state index in [9.17, 15) is 10.1 Å². The molecule has 1 amide bonds. The second-order valence-corrected chi connectivity index (χ2v) is 7.63. The van der Waals surface area contributed by atoms with Crippen molar-refractivity contribution < 1.29 is 4.79 Å². The number of thioether (sulfide) groups is 1. The number of hydrogen-bond acceptors (Lipinski definition) is 5. The number of amides is 1. The number of carbonyl (C=O) groups excluding carboxylic acids is 1. The number of nitriles is 1. The lowest BCUT2D eigenvalue weighted by molar-refractivity contribution is -0.115. The molecular weight excluding hydrogens is 344 g/mol. The number of aromatic nitrogens is 2. The van der Waals surface area contributed by atoms with E-state index in [-0.39, 0.29) is 11.2 Å². The van der Waals surface area contributed by atoms with E-state index in [1.807, 2.05) is 32.0 Å². The molecule has 2 heterocycles. The number of nitrogens with one attached hydrogen (secondary N) is 1. The number of fused-ring (bicyclic) bond motifs is 1. The van der Waals surface area contributed by atoms with E-state index in [0.717, 1.165) is 37.1 Å². The Morgan fingerprint density at radius 2 is 2.15 bits per heavy atom. The molecule has 0 saturated carbocycles. The fraction of sp³-hybridized carbons (Fsp3) is 0.400. The van der Waals surface area contributed by atoms with Crippen LogP contribution in [0.25, 0.3) is 0 Å². The zero-order valence-electron chi connectivity index (χ0n) is 15.1. The van der Waals surface area contributed by atoms with Crippen LogP contribution >= 0.6 is 11.8 Å². The first-order valence-corrected chi connectivity index (χ1v) is 9.82. The molecular formula is C20H22N4OS. The van der Waals surface area contributed by atoms with Crippen molar-refractivity contribution in [2.45, 2.75) is 56.2 Å². The van der Waals surface area contributed by atoms with E-state index in [1.54, 1.807) is 6.07 Å². The van der Waals surface area contributed by atoms with Gasteiger partial charge in [0.25, 0.3) is 0 Å². The van der Waals surface area contributed by atoms with Crippen LogP contribution in [0, 0.1) is 18.3 Å². The van der Waals surface area contributed by atoms with E-state index in [4.69, 9.17) is 4.98 Å². The molecule has 6 heteroatoms. The van der Waals surface area contributed by atoms with E-state index in [0.29, 0.717) is 22.8 Å². The molecule has 0 spiro atoms. The Balaban J connectivity index is 1.79. The number of aryl methyl sites for hydroxylation is 3. The highest BCUT2D eigenvalue weighted by atomic mass is 32.2. The number of rotatable bonds is 5. The smallest absolute Gasteiger partial charge is 0.239 e. The third-order valence-electron chi connectivity index (χ3n) is 4.44. The molecule has 1 unspecified atom stereocenters. The molecule has 2 aromatic heterocycles. The molecule has 0 aromatic carbocycles. The number of hydrogen-bond donors (Lipinski definition) is 1. The van der Waals surface area contributed by atoms with Gasteiger partial charge in [0.15, 0.2) is 0 Å². The van der Waals surface area contributed by atoms with Crippen LogP contribution in [-0.4, -0.2) is 21.1 Å². The van der Waals surface area contributed by atoms with Crippen molar-refractivity contribution in [2.75, 3.05) is 5.32 Å². The summed E-state index contributed by atoms with van der Waals surface area (Å²) in [5, 5.41) is 12.7. The molecule has 1 aliphatic rings. The molecule has 3 rings (SSSR count). The average Bonchev–Trinajstić information content (AvgIpc) is 2.65. The van der Waals surface area contributed by atoms with Gasteiger partial charge in [-0.15, -0.1) is 0 Å². The van der Waals surface area contributed by atoms with Crippen molar-refractivity contribution in [3.8, 4) is 6.07 Å². The maximum Gasteiger partial charge on any atom is 0.239 e. The van der Waals surface area contributed by atoms with Crippen LogP contribution in [0.3, 0.4) is 0 Å². The van der Waals surface area contributed by atoms with Gasteiger partial charge in [-0.1, -0.05) is 24.8 Å². The van der Waals surface area contributed by atoms with Gasteiger partial charge in [-0.25, -0.2) is 9.97 Å². The first-order chi connectivity index (χ1) is 12.6. The van der Waals surface area contributed by atoms with Crippen LogP contribution in [-0.2, 0) is 17.6 Å². The lowest BCUT2D eigenvalue weighted by Crippen LogP contribution is -2.25. The number of carbonyl (C=O) groups is 1. The summed E-state index contributed by atoms with van der Waals surface area (Å²) < 4.78 is 0. The maximum absolute atomic E-state index is 12.7. The van der Waals surface area contributed by atoms with Gasteiger partial charge in [-0.05, 0) is 62.8 Å². The predicted octanol–water partition coefficient (Wildman–Crippen LogP) is 4.04. The minimum absolute atomic E-state index is 0.112. The first-order valence-electron chi connectivity index (χ1n) is 8.94. The lowest BCUT2D eigenvalue weighted by Gasteiger charge is -2.19. The highest BCUT2D eigenvalue weighted by Gasteiger charge is 2.23. The van der Waals surface area contributed by atoms with Gasteiger partial charge in [-0.3, -0.25) is 4.79 Å². The second-order valence-electron chi connectivity index (χ2n) is 6.43. The quantitative estimate of drug-likeness (QED) is 0.808. The highest BCUT2D eigenvalue weighted by molar-refractivity contribution is 8.00. The monoisotopic (exact) mass is 366 g/mol. The van der Waals surface area contributed by atoms with Gasteiger partial charge in [0.05, 0.1) is 10.8 Å². The Morgan fingerprint density at radius 3 is 2.88 bits per heavy atom. The predicted molar refractivity (Wildman–Crippen MR) is 103 cm³/mol. The van der Waals surface area contributed by atoms with Crippen LogP contribution in [0.1, 0.15) is 48.7 Å². The van der Waals surface area contributed by atoms with Gasteiger partial charge in [-0.2, -0.15) is 5.26 Å². The molecule has 0 saturated heterocycles. The molecule has 2 aromatic rings.